The quantitative estimate of drug-likeness (QED) is 0.0198. The minimum absolute atomic E-state index is 0.0249. The van der Waals surface area contributed by atoms with Crippen LogP contribution >= 0.6 is 7.82 Å². The van der Waals surface area contributed by atoms with Crippen molar-refractivity contribution >= 4 is 13.8 Å². The number of phosphoric ester groups is 1. The Morgan fingerprint density at radius 1 is 0.542 bits per heavy atom. The molecule has 0 fully saturated rings. The average molecular weight is 852 g/mol. The number of phosphoric acid groups is 1. The number of rotatable bonds is 45. The zero-order chi connectivity index (χ0) is 43.4. The van der Waals surface area contributed by atoms with Gasteiger partial charge in [-0.3, -0.25) is 9.36 Å². The fourth-order valence-corrected chi connectivity index (χ4v) is 7.38. The van der Waals surface area contributed by atoms with E-state index in [2.05, 4.69) is 62.5 Å². The van der Waals surface area contributed by atoms with Crippen molar-refractivity contribution in [3.05, 3.63) is 48.6 Å². The van der Waals surface area contributed by atoms with E-state index in [0.29, 0.717) is 24.1 Å². The van der Waals surface area contributed by atoms with E-state index in [1.165, 1.54) is 128 Å². The Hall–Kier alpha value is -1.54. The number of hydrogen-bond acceptors (Lipinski definition) is 7. The summed E-state index contributed by atoms with van der Waals surface area (Å²) in [5.41, 5.74) is 0. The zero-order valence-corrected chi connectivity index (χ0v) is 40.1. The van der Waals surface area contributed by atoms with Gasteiger partial charge >= 0.3 is 5.97 Å². The normalized spacial score (nSPS) is 14.1. The van der Waals surface area contributed by atoms with Gasteiger partial charge in [0.25, 0.3) is 7.82 Å². The van der Waals surface area contributed by atoms with E-state index in [1.54, 1.807) is 0 Å². The van der Waals surface area contributed by atoms with Crippen molar-refractivity contribution in [2.75, 3.05) is 54.1 Å². The lowest BCUT2D eigenvalue weighted by atomic mass is 10.0. The summed E-state index contributed by atoms with van der Waals surface area (Å²) in [6, 6.07) is 0. The number of hydrogen-bond donors (Lipinski definition) is 0. The third-order valence-corrected chi connectivity index (χ3v) is 11.4. The molecule has 0 spiro atoms. The Kier molecular flexibility index (Phi) is 42.0. The molecule has 59 heavy (non-hydrogen) atoms. The van der Waals surface area contributed by atoms with E-state index in [4.69, 9.17) is 18.5 Å². The number of nitrogens with zero attached hydrogens (tertiary/aromatic N) is 1. The van der Waals surface area contributed by atoms with Gasteiger partial charge in [0.15, 0.2) is 0 Å². The maximum absolute atomic E-state index is 12.7. The van der Waals surface area contributed by atoms with E-state index in [9.17, 15) is 14.3 Å². The molecule has 8 nitrogen and oxygen atoms in total. The monoisotopic (exact) mass is 852 g/mol. The maximum atomic E-state index is 12.7. The fourth-order valence-electron chi connectivity index (χ4n) is 6.66. The molecule has 0 aliphatic heterocycles. The molecule has 0 aromatic rings. The van der Waals surface area contributed by atoms with Crippen molar-refractivity contribution in [2.24, 2.45) is 0 Å². The molecule has 0 bridgehead atoms. The van der Waals surface area contributed by atoms with Gasteiger partial charge in [-0.15, -0.1) is 0 Å². The van der Waals surface area contributed by atoms with E-state index in [-0.39, 0.29) is 25.8 Å². The Morgan fingerprint density at radius 2 is 0.983 bits per heavy atom. The molecule has 0 saturated carbocycles. The number of quaternary nitrogens is 1. The molecule has 0 aliphatic carbocycles. The third-order valence-electron chi connectivity index (χ3n) is 10.4. The van der Waals surface area contributed by atoms with Crippen molar-refractivity contribution in [2.45, 2.75) is 213 Å². The summed E-state index contributed by atoms with van der Waals surface area (Å²) >= 11 is 0. The van der Waals surface area contributed by atoms with E-state index >= 15 is 0 Å². The van der Waals surface area contributed by atoms with Crippen LogP contribution in [0, 0.1) is 0 Å². The predicted molar refractivity (Wildman–Crippen MR) is 250 cm³/mol. The van der Waals surface area contributed by atoms with Crippen LogP contribution in [0.3, 0.4) is 0 Å². The highest BCUT2D eigenvalue weighted by atomic mass is 31.2. The lowest BCUT2D eigenvalue weighted by Gasteiger charge is -2.28. The third kappa shape index (κ3) is 47.4. The molecule has 0 amide bonds. The first kappa shape index (κ1) is 57.5. The van der Waals surface area contributed by atoms with Crippen molar-refractivity contribution in [3.8, 4) is 0 Å². The summed E-state index contributed by atoms with van der Waals surface area (Å²) in [4.78, 5) is 25.1. The van der Waals surface area contributed by atoms with E-state index in [1.807, 2.05) is 21.1 Å². The van der Waals surface area contributed by atoms with Crippen molar-refractivity contribution in [3.63, 3.8) is 0 Å². The number of allylic oxidation sites excluding steroid dienone is 8. The minimum atomic E-state index is -4.53. The average Bonchev–Trinajstić information content (AvgIpc) is 3.19. The van der Waals surface area contributed by atoms with Gasteiger partial charge in [-0.2, -0.15) is 0 Å². The molecule has 0 aliphatic rings. The van der Waals surface area contributed by atoms with Crippen LogP contribution in [0.2, 0.25) is 0 Å². The van der Waals surface area contributed by atoms with Gasteiger partial charge in [0, 0.05) is 13.0 Å². The lowest BCUT2D eigenvalue weighted by molar-refractivity contribution is -0.870. The van der Waals surface area contributed by atoms with Crippen LogP contribution in [0.1, 0.15) is 206 Å². The maximum Gasteiger partial charge on any atom is 0.306 e. The second-order valence-corrected chi connectivity index (χ2v) is 18.9. The van der Waals surface area contributed by atoms with E-state index in [0.717, 1.165) is 57.8 Å². The number of carbonyl (C=O) groups excluding carboxylic acids is 1. The molecule has 0 saturated heterocycles. The summed E-state index contributed by atoms with van der Waals surface area (Å²) in [6.45, 7) is 5.31. The molecular weight excluding hydrogens is 758 g/mol. The number of carbonyl (C=O) groups is 1. The van der Waals surface area contributed by atoms with E-state index < -0.39 is 13.9 Å². The van der Waals surface area contributed by atoms with Crippen LogP contribution in [-0.4, -0.2) is 70.7 Å². The number of unbranched alkanes of at least 4 members (excludes halogenated alkanes) is 23. The summed E-state index contributed by atoms with van der Waals surface area (Å²) < 4.78 is 34.7. The molecule has 2 unspecified atom stereocenters. The number of ether oxygens (including phenoxy) is 2. The molecule has 0 rings (SSSR count). The highest BCUT2D eigenvalue weighted by Gasteiger charge is 2.20. The minimum Gasteiger partial charge on any atom is -0.756 e. The molecule has 0 N–H and O–H groups in total. The molecule has 0 radical (unpaired) electrons. The van der Waals surface area contributed by atoms with Crippen molar-refractivity contribution in [1.82, 2.24) is 0 Å². The molecular formula is C50H94NO7P. The summed E-state index contributed by atoms with van der Waals surface area (Å²) in [6.07, 6.45) is 52.7. The van der Waals surface area contributed by atoms with Crippen LogP contribution in [0.25, 0.3) is 0 Å². The Balaban J connectivity index is 4.15. The Bertz CT molecular complexity index is 1080. The van der Waals surface area contributed by atoms with Crippen LogP contribution < -0.4 is 4.89 Å². The first-order chi connectivity index (χ1) is 28.6. The van der Waals surface area contributed by atoms with Crippen LogP contribution in [0.4, 0.5) is 0 Å². The molecule has 0 aromatic carbocycles. The SMILES string of the molecule is CC/C=C\C/C=C\C/C=C\C/C=C\CCCCCCCCCCCOCC(COP(=O)([O-])OCC[N+](C)(C)C)OC(=O)CCCCCCCCCCCCCCCCC. The highest BCUT2D eigenvalue weighted by molar-refractivity contribution is 7.45. The smallest absolute Gasteiger partial charge is 0.306 e. The Morgan fingerprint density at radius 3 is 1.47 bits per heavy atom. The fraction of sp³-hybridized carbons (Fsp3) is 0.820. The lowest BCUT2D eigenvalue weighted by Crippen LogP contribution is -2.37. The molecule has 2 atom stereocenters. The highest BCUT2D eigenvalue weighted by Crippen LogP contribution is 2.38. The summed E-state index contributed by atoms with van der Waals surface area (Å²) in [7, 11) is 1.35. The van der Waals surface area contributed by atoms with Gasteiger partial charge in [0.1, 0.15) is 19.3 Å². The number of esters is 1. The first-order valence-corrected chi connectivity index (χ1v) is 25.8. The molecule has 346 valence electrons. The topological polar surface area (TPSA) is 94.1 Å². The largest absolute Gasteiger partial charge is 0.756 e. The van der Waals surface area contributed by atoms with Gasteiger partial charge in [0.05, 0.1) is 34.4 Å². The molecule has 0 aromatic heterocycles. The summed E-state index contributed by atoms with van der Waals surface area (Å²) in [5, 5.41) is 0. The van der Waals surface area contributed by atoms with Crippen LogP contribution in [-0.2, 0) is 27.9 Å². The van der Waals surface area contributed by atoms with Crippen LogP contribution in [0.15, 0.2) is 48.6 Å². The van der Waals surface area contributed by atoms with Gasteiger partial charge in [-0.05, 0) is 51.4 Å². The second kappa shape index (κ2) is 43.1. The van der Waals surface area contributed by atoms with Crippen molar-refractivity contribution < 1.29 is 37.3 Å². The second-order valence-electron chi connectivity index (χ2n) is 17.4. The molecule has 0 heterocycles. The Labute approximate surface area is 365 Å². The number of likely N-dealkylation sites (N-methyl/N-ethyl adjacent to an activating group) is 1. The zero-order valence-electron chi connectivity index (χ0n) is 39.2. The van der Waals surface area contributed by atoms with Gasteiger partial charge in [-0.25, -0.2) is 0 Å². The first-order valence-electron chi connectivity index (χ1n) is 24.4. The van der Waals surface area contributed by atoms with Gasteiger partial charge in [0.2, 0.25) is 0 Å². The van der Waals surface area contributed by atoms with Crippen molar-refractivity contribution in [1.29, 1.82) is 0 Å². The van der Waals surface area contributed by atoms with Crippen LogP contribution in [0.5, 0.6) is 0 Å². The summed E-state index contributed by atoms with van der Waals surface area (Å²) in [5.74, 6) is -0.335. The molecule has 9 heteroatoms. The predicted octanol–water partition coefficient (Wildman–Crippen LogP) is 14.1. The van der Waals surface area contributed by atoms with Gasteiger partial charge in [-0.1, -0.05) is 197 Å². The van der Waals surface area contributed by atoms with Gasteiger partial charge < -0.3 is 27.9 Å². The standard InChI is InChI=1S/C50H94NO7P/c1-6-8-10-12-14-16-18-20-22-23-24-25-26-27-28-30-32-34-36-38-40-42-45-55-47-49(48-57-59(53,54)56-46-44-51(3,4)5)58-50(52)43-41-39-37-35-33-31-29-21-19-17-15-13-11-9-7-2/h8,10,14,16,20,22,24-25,49H,6-7,9,11-13,15,17-19,21,23,26-48H2,1-5H3/b10-8-,16-14-,22-20-,25-24-.